The molecular formula is C18H20N4O2. The third-order valence-corrected chi connectivity index (χ3v) is 4.12. The van der Waals surface area contributed by atoms with Crippen molar-refractivity contribution in [1.82, 2.24) is 20.0 Å². The van der Waals surface area contributed by atoms with Crippen molar-refractivity contribution in [3.63, 3.8) is 0 Å². The Morgan fingerprint density at radius 3 is 2.88 bits per heavy atom. The van der Waals surface area contributed by atoms with Crippen molar-refractivity contribution in [2.75, 3.05) is 13.6 Å². The third kappa shape index (κ3) is 3.53. The maximum atomic E-state index is 12.0. The lowest BCUT2D eigenvalue weighted by molar-refractivity contribution is -0.131. The van der Waals surface area contributed by atoms with Crippen molar-refractivity contribution in [3.05, 3.63) is 60.9 Å². The van der Waals surface area contributed by atoms with Crippen LogP contribution in [0.1, 0.15) is 17.9 Å². The van der Waals surface area contributed by atoms with Gasteiger partial charge in [0.15, 0.2) is 0 Å². The number of carbonyl (C=O) groups is 2. The summed E-state index contributed by atoms with van der Waals surface area (Å²) in [7, 11) is 1.58. The molecule has 1 N–H and O–H groups in total. The molecule has 24 heavy (non-hydrogen) atoms. The quantitative estimate of drug-likeness (QED) is 0.819. The molecule has 1 aromatic heterocycles. The van der Waals surface area contributed by atoms with Crippen LogP contribution in [0, 0.1) is 0 Å². The summed E-state index contributed by atoms with van der Waals surface area (Å²) in [6.07, 6.45) is 5.94. The van der Waals surface area contributed by atoms with Crippen LogP contribution in [-0.4, -0.2) is 46.1 Å². The highest BCUT2D eigenvalue weighted by Crippen LogP contribution is 2.40. The predicted molar refractivity (Wildman–Crippen MR) is 90.7 cm³/mol. The molecule has 0 bridgehead atoms. The van der Waals surface area contributed by atoms with Gasteiger partial charge in [-0.1, -0.05) is 24.8 Å². The van der Waals surface area contributed by atoms with Gasteiger partial charge in [0.25, 0.3) is 0 Å². The smallest absolute Gasteiger partial charge is 0.246 e. The van der Waals surface area contributed by atoms with Gasteiger partial charge in [0.05, 0.1) is 18.4 Å². The fourth-order valence-electron chi connectivity index (χ4n) is 2.67. The summed E-state index contributed by atoms with van der Waals surface area (Å²) in [6.45, 7) is 3.45. The average Bonchev–Trinajstić information content (AvgIpc) is 3.17. The standard InChI is InChI=1S/C18H20N4O2/c1-3-18(24)21(2)12-17(23)20-16-9-15(16)13-10-19-22(11-13)14-7-5-4-6-8-14/h3-8,10-11,15-16H,1,9,12H2,2H3,(H,20,23)/t15-,16+/m0/s1. The van der Waals surface area contributed by atoms with Gasteiger partial charge >= 0.3 is 0 Å². The van der Waals surface area contributed by atoms with Gasteiger partial charge in [-0.3, -0.25) is 9.59 Å². The number of hydrogen-bond acceptors (Lipinski definition) is 3. The number of hydrogen-bond donors (Lipinski definition) is 1. The van der Waals surface area contributed by atoms with E-state index in [9.17, 15) is 9.59 Å². The van der Waals surface area contributed by atoms with Crippen LogP contribution in [0.25, 0.3) is 5.69 Å². The summed E-state index contributed by atoms with van der Waals surface area (Å²) in [6, 6.07) is 10.0. The van der Waals surface area contributed by atoms with E-state index in [0.29, 0.717) is 0 Å². The minimum atomic E-state index is -0.262. The molecule has 0 unspecified atom stereocenters. The molecular weight excluding hydrogens is 304 g/mol. The molecule has 6 heteroatoms. The molecule has 124 valence electrons. The van der Waals surface area contributed by atoms with E-state index in [1.807, 2.05) is 47.4 Å². The molecule has 1 aliphatic rings. The van der Waals surface area contributed by atoms with Crippen molar-refractivity contribution in [1.29, 1.82) is 0 Å². The SMILES string of the molecule is C=CC(=O)N(C)CC(=O)N[C@@H]1C[C@H]1c1cnn(-c2ccccc2)c1. The third-order valence-electron chi connectivity index (χ3n) is 4.12. The zero-order valence-electron chi connectivity index (χ0n) is 13.6. The minimum absolute atomic E-state index is 0.0390. The molecule has 1 aromatic carbocycles. The molecule has 2 amide bonds. The van der Waals surface area contributed by atoms with E-state index in [1.54, 1.807) is 7.05 Å². The summed E-state index contributed by atoms with van der Waals surface area (Å²) in [4.78, 5) is 24.7. The van der Waals surface area contributed by atoms with E-state index in [0.717, 1.165) is 17.7 Å². The first-order valence-corrected chi connectivity index (χ1v) is 7.85. The number of nitrogens with one attached hydrogen (secondary N) is 1. The minimum Gasteiger partial charge on any atom is -0.351 e. The van der Waals surface area contributed by atoms with E-state index in [-0.39, 0.29) is 30.3 Å². The number of amides is 2. The number of nitrogens with zero attached hydrogens (tertiary/aromatic N) is 3. The number of likely N-dealkylation sites (N-methyl/N-ethyl adjacent to an activating group) is 1. The first kappa shape index (κ1) is 16.0. The lowest BCUT2D eigenvalue weighted by Crippen LogP contribution is -2.38. The Balaban J connectivity index is 1.54. The molecule has 2 atom stereocenters. The second-order valence-electron chi connectivity index (χ2n) is 5.97. The number of benzene rings is 1. The average molecular weight is 324 g/mol. The maximum absolute atomic E-state index is 12.0. The first-order valence-electron chi connectivity index (χ1n) is 7.85. The molecule has 0 spiro atoms. The number of carbonyl (C=O) groups excluding carboxylic acids is 2. The number of aromatic nitrogens is 2. The van der Waals surface area contributed by atoms with Gasteiger partial charge in [0, 0.05) is 25.2 Å². The van der Waals surface area contributed by atoms with Crippen molar-refractivity contribution >= 4 is 11.8 Å². The fourth-order valence-corrected chi connectivity index (χ4v) is 2.67. The topological polar surface area (TPSA) is 67.2 Å². The van der Waals surface area contributed by atoms with Gasteiger partial charge in [-0.05, 0) is 30.2 Å². The van der Waals surface area contributed by atoms with Crippen LogP contribution >= 0.6 is 0 Å². The zero-order chi connectivity index (χ0) is 17.1. The Hall–Kier alpha value is -2.89. The van der Waals surface area contributed by atoms with E-state index < -0.39 is 0 Å². The van der Waals surface area contributed by atoms with E-state index in [1.165, 1.54) is 11.0 Å². The molecule has 1 aliphatic carbocycles. The lowest BCUT2D eigenvalue weighted by atomic mass is 10.2. The summed E-state index contributed by atoms with van der Waals surface area (Å²) in [5.41, 5.74) is 2.12. The molecule has 2 aromatic rings. The van der Waals surface area contributed by atoms with E-state index >= 15 is 0 Å². The zero-order valence-corrected chi connectivity index (χ0v) is 13.6. The van der Waals surface area contributed by atoms with Crippen molar-refractivity contribution < 1.29 is 9.59 Å². The van der Waals surface area contributed by atoms with Gasteiger partial charge < -0.3 is 10.2 Å². The molecule has 6 nitrogen and oxygen atoms in total. The van der Waals surface area contributed by atoms with Crippen LogP contribution in [-0.2, 0) is 9.59 Å². The summed E-state index contributed by atoms with van der Waals surface area (Å²) >= 11 is 0. The van der Waals surface area contributed by atoms with Crippen molar-refractivity contribution in [2.45, 2.75) is 18.4 Å². The van der Waals surface area contributed by atoms with Crippen LogP contribution in [0.5, 0.6) is 0 Å². The van der Waals surface area contributed by atoms with Gasteiger partial charge in [-0.25, -0.2) is 4.68 Å². The Morgan fingerprint density at radius 2 is 2.17 bits per heavy atom. The highest BCUT2D eigenvalue weighted by molar-refractivity contribution is 5.90. The molecule has 1 heterocycles. The lowest BCUT2D eigenvalue weighted by Gasteiger charge is -2.14. The molecule has 0 aliphatic heterocycles. The van der Waals surface area contributed by atoms with Crippen molar-refractivity contribution in [3.8, 4) is 5.69 Å². The molecule has 1 saturated carbocycles. The Kier molecular flexibility index (Phi) is 4.46. The van der Waals surface area contributed by atoms with Gasteiger partial charge in [0.1, 0.15) is 0 Å². The van der Waals surface area contributed by atoms with Gasteiger partial charge in [-0.2, -0.15) is 5.10 Å². The first-order chi connectivity index (χ1) is 11.6. The Bertz CT molecular complexity index is 753. The van der Waals surface area contributed by atoms with Crippen LogP contribution in [0.2, 0.25) is 0 Å². The molecule has 0 saturated heterocycles. The number of rotatable bonds is 6. The second kappa shape index (κ2) is 6.70. The normalized spacial score (nSPS) is 18.7. The highest BCUT2D eigenvalue weighted by Gasteiger charge is 2.40. The van der Waals surface area contributed by atoms with E-state index in [4.69, 9.17) is 0 Å². The van der Waals surface area contributed by atoms with Gasteiger partial charge in [0.2, 0.25) is 11.8 Å². The van der Waals surface area contributed by atoms with Crippen LogP contribution in [0.3, 0.4) is 0 Å². The highest BCUT2D eigenvalue weighted by atomic mass is 16.2. The fraction of sp³-hybridized carbons (Fsp3) is 0.278. The van der Waals surface area contributed by atoms with Crippen LogP contribution < -0.4 is 5.32 Å². The van der Waals surface area contributed by atoms with Crippen LogP contribution in [0.15, 0.2) is 55.4 Å². The molecule has 3 rings (SSSR count). The van der Waals surface area contributed by atoms with Crippen LogP contribution in [0.4, 0.5) is 0 Å². The van der Waals surface area contributed by atoms with E-state index in [2.05, 4.69) is 17.0 Å². The summed E-state index contributed by atoms with van der Waals surface area (Å²) in [5.74, 6) is -0.135. The molecule has 0 radical (unpaired) electrons. The Labute approximate surface area is 140 Å². The number of para-hydroxylation sites is 1. The Morgan fingerprint density at radius 1 is 1.42 bits per heavy atom. The van der Waals surface area contributed by atoms with Gasteiger partial charge in [-0.15, -0.1) is 0 Å². The second-order valence-corrected chi connectivity index (χ2v) is 5.97. The molecule has 1 fully saturated rings. The van der Waals surface area contributed by atoms with Crippen molar-refractivity contribution in [2.24, 2.45) is 0 Å². The summed E-state index contributed by atoms with van der Waals surface area (Å²) in [5, 5.41) is 7.34. The monoisotopic (exact) mass is 324 g/mol. The largest absolute Gasteiger partial charge is 0.351 e. The maximum Gasteiger partial charge on any atom is 0.246 e. The summed E-state index contributed by atoms with van der Waals surface area (Å²) < 4.78 is 1.84. The predicted octanol–water partition coefficient (Wildman–Crippen LogP) is 1.49.